The number of carbonyl (C=O) groups excluding carboxylic acids is 1. The molecule has 3 rings (SSSR count). The Balaban J connectivity index is 2.09. The molecule has 0 aromatic heterocycles. The zero-order valence-corrected chi connectivity index (χ0v) is 18.1. The summed E-state index contributed by atoms with van der Waals surface area (Å²) >= 11 is 0. The van der Waals surface area contributed by atoms with Crippen LogP contribution in [-0.2, 0) is 4.79 Å². The van der Waals surface area contributed by atoms with Crippen LogP contribution in [0.25, 0.3) is 0 Å². The topological polar surface area (TPSA) is 87.5 Å². The minimum absolute atomic E-state index is 0.161. The normalized spacial score (nSPS) is 23.1. The highest BCUT2D eigenvalue weighted by molar-refractivity contribution is 5.95. The number of rotatable bonds is 7. The van der Waals surface area contributed by atoms with Crippen molar-refractivity contribution in [2.45, 2.75) is 64.6 Å². The maximum absolute atomic E-state index is 13.1. The predicted octanol–water partition coefficient (Wildman–Crippen LogP) is 4.62. The molecule has 2 aliphatic heterocycles. The molecule has 2 N–H and O–H groups in total. The molecule has 3 aliphatic rings. The molecule has 0 aromatic carbocycles. The summed E-state index contributed by atoms with van der Waals surface area (Å²) in [5.41, 5.74) is 4.32. The lowest BCUT2D eigenvalue weighted by molar-refractivity contribution is -0.422. The van der Waals surface area contributed by atoms with E-state index in [1.807, 2.05) is 13.0 Å². The Morgan fingerprint density at radius 2 is 2.16 bits per heavy atom. The van der Waals surface area contributed by atoms with Crippen LogP contribution in [0.2, 0.25) is 0 Å². The van der Waals surface area contributed by atoms with E-state index in [0.29, 0.717) is 35.4 Å². The lowest BCUT2D eigenvalue weighted by Crippen LogP contribution is -2.49. The fraction of sp³-hybridized carbons (Fsp3) is 0.500. The maximum atomic E-state index is 13.1. The highest BCUT2D eigenvalue weighted by Crippen LogP contribution is 2.37. The van der Waals surface area contributed by atoms with E-state index >= 15 is 0 Å². The van der Waals surface area contributed by atoms with Crippen LogP contribution in [0, 0.1) is 16.0 Å². The number of halogens is 3. The van der Waals surface area contributed by atoms with Crippen molar-refractivity contribution in [1.82, 2.24) is 15.8 Å². The summed E-state index contributed by atoms with van der Waals surface area (Å²) in [4.78, 5) is 24.2. The van der Waals surface area contributed by atoms with Crippen LogP contribution < -0.4 is 10.7 Å². The second kappa shape index (κ2) is 9.32. The van der Waals surface area contributed by atoms with Gasteiger partial charge in [-0.3, -0.25) is 14.9 Å². The summed E-state index contributed by atoms with van der Waals surface area (Å²) in [6, 6.07) is -0.417. The molecule has 7 nitrogen and oxygen atoms in total. The van der Waals surface area contributed by atoms with Gasteiger partial charge in [-0.1, -0.05) is 38.7 Å². The van der Waals surface area contributed by atoms with Crippen molar-refractivity contribution in [2.24, 2.45) is 5.92 Å². The van der Waals surface area contributed by atoms with Crippen LogP contribution in [0.1, 0.15) is 52.4 Å². The van der Waals surface area contributed by atoms with Crippen LogP contribution in [0.3, 0.4) is 0 Å². The standard InChI is InChI=1S/C22H27F3N4O3/c1-4-14(12-11-13(3)22(23,24)25)17-16(5-2)27-28-20(17)26-18(15-9-7-6-8-10-15)19(21(28)30)29(31)32/h4,9,12-13,16,26-27H,1,5-8,10-11H2,2-3H3/b14-12+/t13?,16-/m1/s1. The van der Waals surface area contributed by atoms with E-state index in [2.05, 4.69) is 17.3 Å². The molecule has 0 radical (unpaired) electrons. The van der Waals surface area contributed by atoms with Crippen LogP contribution >= 0.6 is 0 Å². The number of nitrogens with zero attached hydrogens (tertiary/aromatic N) is 2. The second-order valence-electron chi connectivity index (χ2n) is 8.12. The Morgan fingerprint density at radius 1 is 1.44 bits per heavy atom. The van der Waals surface area contributed by atoms with Crippen LogP contribution in [0.15, 0.2) is 58.7 Å². The average molecular weight is 452 g/mol. The van der Waals surface area contributed by atoms with Crippen molar-refractivity contribution >= 4 is 5.91 Å². The zero-order chi connectivity index (χ0) is 23.6. The molecule has 0 fully saturated rings. The molecule has 0 aromatic rings. The largest absolute Gasteiger partial charge is 0.391 e. The molecule has 0 saturated heterocycles. The van der Waals surface area contributed by atoms with Crippen LogP contribution in [0.5, 0.6) is 0 Å². The average Bonchev–Trinajstić information content (AvgIpc) is 3.12. The first-order chi connectivity index (χ1) is 15.1. The van der Waals surface area contributed by atoms with Gasteiger partial charge >= 0.3 is 17.8 Å². The maximum Gasteiger partial charge on any atom is 0.391 e. The number of hydrogen-bond donors (Lipinski definition) is 2. The number of hydrogen-bond acceptors (Lipinski definition) is 5. The summed E-state index contributed by atoms with van der Waals surface area (Å²) in [5, 5.41) is 15.9. The lowest BCUT2D eigenvalue weighted by atomic mass is 9.93. The number of amides is 1. The van der Waals surface area contributed by atoms with E-state index in [9.17, 15) is 28.1 Å². The first-order valence-corrected chi connectivity index (χ1v) is 10.7. The van der Waals surface area contributed by atoms with Gasteiger partial charge in [-0.15, -0.1) is 0 Å². The lowest BCUT2D eigenvalue weighted by Gasteiger charge is -2.28. The predicted molar refractivity (Wildman–Crippen MR) is 113 cm³/mol. The Morgan fingerprint density at radius 3 is 2.69 bits per heavy atom. The van der Waals surface area contributed by atoms with E-state index < -0.39 is 34.7 Å². The number of carbonyl (C=O) groups is 1. The molecular formula is C22H27F3N4O3. The Kier molecular flexibility index (Phi) is 6.92. The van der Waals surface area contributed by atoms with Crippen LogP contribution in [-0.4, -0.2) is 28.1 Å². The summed E-state index contributed by atoms with van der Waals surface area (Å²) in [6.45, 7) is 6.71. The van der Waals surface area contributed by atoms with E-state index in [4.69, 9.17) is 0 Å². The van der Waals surface area contributed by atoms with Gasteiger partial charge in [0.25, 0.3) is 0 Å². The molecule has 32 heavy (non-hydrogen) atoms. The summed E-state index contributed by atoms with van der Waals surface area (Å²) in [7, 11) is 0. The minimum Gasteiger partial charge on any atom is -0.334 e. The quantitative estimate of drug-likeness (QED) is 0.335. The number of nitrogens with one attached hydrogen (secondary N) is 2. The van der Waals surface area contributed by atoms with E-state index in [-0.39, 0.29) is 12.1 Å². The van der Waals surface area contributed by atoms with Gasteiger partial charge in [-0.2, -0.15) is 13.2 Å². The summed E-state index contributed by atoms with van der Waals surface area (Å²) in [6.07, 6.45) is 3.94. The molecule has 2 atom stereocenters. The molecule has 0 spiro atoms. The molecular weight excluding hydrogens is 425 g/mol. The fourth-order valence-corrected chi connectivity index (χ4v) is 4.09. The van der Waals surface area contributed by atoms with Crippen LogP contribution in [0.4, 0.5) is 13.2 Å². The Bertz CT molecular complexity index is 947. The number of alkyl halides is 3. The third-order valence-electron chi connectivity index (χ3n) is 5.98. The van der Waals surface area contributed by atoms with E-state index in [1.165, 1.54) is 12.2 Å². The Hall–Kier alpha value is -2.88. The van der Waals surface area contributed by atoms with Gasteiger partial charge in [0.05, 0.1) is 16.9 Å². The van der Waals surface area contributed by atoms with Crippen molar-refractivity contribution in [3.8, 4) is 0 Å². The van der Waals surface area contributed by atoms with Gasteiger partial charge < -0.3 is 5.32 Å². The zero-order valence-electron chi connectivity index (χ0n) is 18.1. The van der Waals surface area contributed by atoms with Crippen molar-refractivity contribution in [3.05, 3.63) is 68.9 Å². The van der Waals surface area contributed by atoms with Crippen molar-refractivity contribution in [1.29, 1.82) is 0 Å². The van der Waals surface area contributed by atoms with Gasteiger partial charge in [-0.05, 0) is 49.7 Å². The van der Waals surface area contributed by atoms with Gasteiger partial charge in [0.15, 0.2) is 0 Å². The van der Waals surface area contributed by atoms with Gasteiger partial charge in [0.1, 0.15) is 11.5 Å². The highest BCUT2D eigenvalue weighted by Gasteiger charge is 2.46. The van der Waals surface area contributed by atoms with Gasteiger partial charge in [0, 0.05) is 5.57 Å². The number of hydrazine groups is 1. The van der Waals surface area contributed by atoms with Gasteiger partial charge in [0.2, 0.25) is 0 Å². The fourth-order valence-electron chi connectivity index (χ4n) is 4.09. The molecule has 2 heterocycles. The first-order valence-electron chi connectivity index (χ1n) is 10.7. The highest BCUT2D eigenvalue weighted by atomic mass is 19.4. The molecule has 10 heteroatoms. The SMILES string of the molecule is C=C/C(=C\CC(C)C(F)(F)F)C1=C2NC(C3=CCCCC3)=C([N+](=O)[O-])C(=O)N2N[C@@H]1CC. The van der Waals surface area contributed by atoms with Crippen molar-refractivity contribution < 1.29 is 22.9 Å². The number of nitro groups is 1. The smallest absolute Gasteiger partial charge is 0.334 e. The third kappa shape index (κ3) is 4.50. The number of allylic oxidation sites excluding steroid dienone is 4. The molecule has 1 amide bonds. The molecule has 1 aliphatic carbocycles. The second-order valence-corrected chi connectivity index (χ2v) is 8.12. The van der Waals surface area contributed by atoms with E-state index in [0.717, 1.165) is 31.2 Å². The van der Waals surface area contributed by atoms with Crippen molar-refractivity contribution in [3.63, 3.8) is 0 Å². The monoisotopic (exact) mass is 452 g/mol. The van der Waals surface area contributed by atoms with Crippen molar-refractivity contribution in [2.75, 3.05) is 0 Å². The van der Waals surface area contributed by atoms with Gasteiger partial charge in [-0.25, -0.2) is 10.4 Å². The molecule has 0 bridgehead atoms. The van der Waals surface area contributed by atoms with E-state index in [1.54, 1.807) is 0 Å². The summed E-state index contributed by atoms with van der Waals surface area (Å²) < 4.78 is 39.0. The molecule has 174 valence electrons. The summed E-state index contributed by atoms with van der Waals surface area (Å²) in [5.74, 6) is -2.04. The molecule has 0 saturated carbocycles. The molecule has 1 unspecified atom stereocenters. The first kappa shape index (κ1) is 23.8. The third-order valence-corrected chi connectivity index (χ3v) is 5.98. The Labute approximate surface area is 184 Å². The minimum atomic E-state index is -4.33. The number of fused-ring (bicyclic) bond motifs is 1.